The first-order valence-electron chi connectivity index (χ1n) is 8.31. The first-order chi connectivity index (χ1) is 9.77. The lowest BCUT2D eigenvalue weighted by atomic mass is 10.1. The Labute approximate surface area is 148 Å². The van der Waals surface area contributed by atoms with Crippen molar-refractivity contribution in [1.82, 2.24) is 10.2 Å². The van der Waals surface area contributed by atoms with Gasteiger partial charge in [0.15, 0.2) is 5.96 Å². The zero-order valence-corrected chi connectivity index (χ0v) is 16.4. The largest absolute Gasteiger partial charge is 0.376 e. The summed E-state index contributed by atoms with van der Waals surface area (Å²) in [6.45, 7) is 4.90. The van der Waals surface area contributed by atoms with E-state index in [4.69, 9.17) is 4.74 Å². The highest BCUT2D eigenvalue weighted by molar-refractivity contribution is 14.0. The lowest BCUT2D eigenvalue weighted by Gasteiger charge is -2.22. The minimum absolute atomic E-state index is 0. The molecule has 0 aliphatic heterocycles. The minimum Gasteiger partial charge on any atom is -0.376 e. The molecule has 4 nitrogen and oxygen atoms in total. The lowest BCUT2D eigenvalue weighted by Crippen LogP contribution is -2.41. The number of nitrogens with zero attached hydrogens (tertiary/aromatic N) is 2. The van der Waals surface area contributed by atoms with Crippen molar-refractivity contribution in [1.29, 1.82) is 0 Å². The molecule has 1 rings (SSSR count). The summed E-state index contributed by atoms with van der Waals surface area (Å²) in [4.78, 5) is 6.51. The molecule has 21 heavy (non-hydrogen) atoms. The highest BCUT2D eigenvalue weighted by atomic mass is 127. The van der Waals surface area contributed by atoms with E-state index in [2.05, 4.69) is 29.2 Å². The number of guanidine groups is 1. The fourth-order valence-corrected chi connectivity index (χ4v) is 2.68. The van der Waals surface area contributed by atoms with Gasteiger partial charge in [-0.05, 0) is 19.3 Å². The molecule has 0 bridgehead atoms. The summed E-state index contributed by atoms with van der Waals surface area (Å²) in [5.74, 6) is 0.975. The van der Waals surface area contributed by atoms with E-state index in [1.165, 1.54) is 51.4 Å². The third-order valence-corrected chi connectivity index (χ3v) is 3.96. The van der Waals surface area contributed by atoms with Gasteiger partial charge in [0.25, 0.3) is 0 Å². The minimum atomic E-state index is 0. The van der Waals surface area contributed by atoms with E-state index in [9.17, 15) is 0 Å². The van der Waals surface area contributed by atoms with Crippen LogP contribution >= 0.6 is 24.0 Å². The number of hydrogen-bond donors (Lipinski definition) is 1. The first kappa shape index (κ1) is 21.0. The van der Waals surface area contributed by atoms with Crippen LogP contribution in [0.2, 0.25) is 0 Å². The Bertz CT molecular complexity index is 266. The van der Waals surface area contributed by atoms with E-state index in [1.54, 1.807) is 0 Å². The number of nitrogens with one attached hydrogen (secondary N) is 1. The highest BCUT2D eigenvalue weighted by Gasteiger charge is 2.12. The zero-order chi connectivity index (χ0) is 14.6. The van der Waals surface area contributed by atoms with Crippen molar-refractivity contribution in [2.75, 3.05) is 33.8 Å². The fraction of sp³-hybridized carbons (Fsp3) is 0.938. The zero-order valence-electron chi connectivity index (χ0n) is 14.1. The standard InChI is InChI=1S/C16H33N3O.HI/c1-4-5-13-19(3)16(17-2)18-12-14-20-15-10-8-6-7-9-11-15;/h15H,4-14H2,1-3H3,(H,17,18);1H. The van der Waals surface area contributed by atoms with E-state index in [-0.39, 0.29) is 24.0 Å². The summed E-state index contributed by atoms with van der Waals surface area (Å²) in [6, 6.07) is 0. The number of aliphatic imine (C=N–C) groups is 1. The second kappa shape index (κ2) is 13.6. The number of halogens is 1. The molecule has 0 radical (unpaired) electrons. The average Bonchev–Trinajstić information content (AvgIpc) is 2.73. The predicted octanol–water partition coefficient (Wildman–Crippen LogP) is 3.65. The molecule has 0 unspecified atom stereocenters. The van der Waals surface area contributed by atoms with Crippen LogP contribution in [0.25, 0.3) is 0 Å². The van der Waals surface area contributed by atoms with E-state index < -0.39 is 0 Å². The maximum atomic E-state index is 5.98. The van der Waals surface area contributed by atoms with Crippen molar-refractivity contribution >= 4 is 29.9 Å². The smallest absolute Gasteiger partial charge is 0.193 e. The number of ether oxygens (including phenoxy) is 1. The lowest BCUT2D eigenvalue weighted by molar-refractivity contribution is 0.0466. The van der Waals surface area contributed by atoms with Crippen LogP contribution < -0.4 is 5.32 Å². The van der Waals surface area contributed by atoms with Crippen molar-refractivity contribution in [3.63, 3.8) is 0 Å². The molecule has 0 aromatic rings. The van der Waals surface area contributed by atoms with Crippen LogP contribution in [0, 0.1) is 0 Å². The quantitative estimate of drug-likeness (QED) is 0.229. The SMILES string of the molecule is CCCCN(C)C(=NC)NCCOC1CCCCCC1.I. The van der Waals surface area contributed by atoms with Gasteiger partial charge in [-0.2, -0.15) is 0 Å². The van der Waals surface area contributed by atoms with Crippen LogP contribution in [0.5, 0.6) is 0 Å². The molecule has 126 valence electrons. The molecule has 5 heteroatoms. The summed E-state index contributed by atoms with van der Waals surface area (Å²) in [5, 5.41) is 3.38. The van der Waals surface area contributed by atoms with Gasteiger partial charge in [0.2, 0.25) is 0 Å². The van der Waals surface area contributed by atoms with Crippen LogP contribution in [0.4, 0.5) is 0 Å². The van der Waals surface area contributed by atoms with E-state index in [1.807, 2.05) is 7.05 Å². The van der Waals surface area contributed by atoms with Crippen LogP contribution in [0.1, 0.15) is 58.3 Å². The van der Waals surface area contributed by atoms with E-state index in [0.29, 0.717) is 6.10 Å². The Morgan fingerprint density at radius 1 is 1.24 bits per heavy atom. The molecular weight excluding hydrogens is 377 g/mol. The summed E-state index contributed by atoms with van der Waals surface area (Å²) in [6.07, 6.45) is 10.8. The third-order valence-electron chi connectivity index (χ3n) is 3.96. The average molecular weight is 411 g/mol. The first-order valence-corrected chi connectivity index (χ1v) is 8.31. The second-order valence-electron chi connectivity index (χ2n) is 5.73. The molecule has 1 N–H and O–H groups in total. The highest BCUT2D eigenvalue weighted by Crippen LogP contribution is 2.19. The Morgan fingerprint density at radius 2 is 1.90 bits per heavy atom. The third kappa shape index (κ3) is 9.55. The molecule has 0 aromatic heterocycles. The molecule has 1 aliphatic carbocycles. The molecule has 1 saturated carbocycles. The van der Waals surface area contributed by atoms with Crippen molar-refractivity contribution in [3.8, 4) is 0 Å². The molecule has 0 spiro atoms. The monoisotopic (exact) mass is 411 g/mol. The Balaban J connectivity index is 0.00000400. The maximum absolute atomic E-state index is 5.98. The van der Waals surface area contributed by atoms with E-state index >= 15 is 0 Å². The Morgan fingerprint density at radius 3 is 2.48 bits per heavy atom. The number of rotatable bonds is 7. The summed E-state index contributed by atoms with van der Waals surface area (Å²) >= 11 is 0. The summed E-state index contributed by atoms with van der Waals surface area (Å²) in [5.41, 5.74) is 0. The van der Waals surface area contributed by atoms with Crippen LogP contribution in [-0.4, -0.2) is 50.8 Å². The number of unbranched alkanes of at least 4 members (excludes halogenated alkanes) is 1. The van der Waals surface area contributed by atoms with Crippen molar-refractivity contribution in [3.05, 3.63) is 0 Å². The fourth-order valence-electron chi connectivity index (χ4n) is 2.68. The number of hydrogen-bond acceptors (Lipinski definition) is 2. The van der Waals surface area contributed by atoms with E-state index in [0.717, 1.165) is 25.7 Å². The Hall–Kier alpha value is -0.0400. The predicted molar refractivity (Wildman–Crippen MR) is 102 cm³/mol. The van der Waals surface area contributed by atoms with Crippen LogP contribution in [-0.2, 0) is 4.74 Å². The van der Waals surface area contributed by atoms with Gasteiger partial charge >= 0.3 is 0 Å². The van der Waals surface area contributed by atoms with Gasteiger partial charge in [-0.25, -0.2) is 0 Å². The molecule has 0 amide bonds. The topological polar surface area (TPSA) is 36.9 Å². The van der Waals surface area contributed by atoms with Crippen molar-refractivity contribution in [2.24, 2.45) is 4.99 Å². The molecule has 0 atom stereocenters. The summed E-state index contributed by atoms with van der Waals surface area (Å²) in [7, 11) is 3.94. The molecular formula is C16H34IN3O. The van der Waals surface area contributed by atoms with Gasteiger partial charge in [-0.3, -0.25) is 4.99 Å². The van der Waals surface area contributed by atoms with Gasteiger partial charge in [0, 0.05) is 27.2 Å². The van der Waals surface area contributed by atoms with Crippen molar-refractivity contribution in [2.45, 2.75) is 64.4 Å². The summed E-state index contributed by atoms with van der Waals surface area (Å²) < 4.78 is 5.98. The van der Waals surface area contributed by atoms with Gasteiger partial charge in [0.1, 0.15) is 0 Å². The van der Waals surface area contributed by atoms with Crippen LogP contribution in [0.15, 0.2) is 4.99 Å². The van der Waals surface area contributed by atoms with Gasteiger partial charge in [-0.1, -0.05) is 39.0 Å². The molecule has 1 fully saturated rings. The molecule has 0 saturated heterocycles. The van der Waals surface area contributed by atoms with Gasteiger partial charge in [0.05, 0.1) is 12.7 Å². The normalized spacial score (nSPS) is 17.0. The Kier molecular flexibility index (Phi) is 13.6. The molecule has 0 heterocycles. The van der Waals surface area contributed by atoms with Gasteiger partial charge < -0.3 is 15.0 Å². The maximum Gasteiger partial charge on any atom is 0.193 e. The van der Waals surface area contributed by atoms with Gasteiger partial charge in [-0.15, -0.1) is 24.0 Å². The molecule has 0 aromatic carbocycles. The van der Waals surface area contributed by atoms with Crippen LogP contribution in [0.3, 0.4) is 0 Å². The molecule has 1 aliphatic rings. The van der Waals surface area contributed by atoms with Crippen molar-refractivity contribution < 1.29 is 4.74 Å². The second-order valence-corrected chi connectivity index (χ2v) is 5.73.